The number of benzene rings is 1. The van der Waals surface area contributed by atoms with Gasteiger partial charge in [-0.1, -0.05) is 18.2 Å². The maximum absolute atomic E-state index is 11.6. The molecule has 3 nitrogen and oxygen atoms in total. The summed E-state index contributed by atoms with van der Waals surface area (Å²) in [5.74, 6) is 1.56. The lowest BCUT2D eigenvalue weighted by atomic mass is 10.1. The van der Waals surface area contributed by atoms with Crippen molar-refractivity contribution in [1.29, 1.82) is 0 Å². The van der Waals surface area contributed by atoms with Gasteiger partial charge < -0.3 is 9.47 Å². The fourth-order valence-corrected chi connectivity index (χ4v) is 3.15. The summed E-state index contributed by atoms with van der Waals surface area (Å²) in [6.45, 7) is 0.893. The molecule has 1 aromatic rings. The Bertz CT molecular complexity index is 400. The maximum Gasteiger partial charge on any atom is 0.338 e. The van der Waals surface area contributed by atoms with Crippen LogP contribution in [0.15, 0.2) is 24.3 Å². The summed E-state index contributed by atoms with van der Waals surface area (Å²) in [4.78, 5) is 11.6. The molecule has 98 valence electrons. The van der Waals surface area contributed by atoms with Gasteiger partial charge in [-0.05, 0) is 24.5 Å². The lowest BCUT2D eigenvalue weighted by Gasteiger charge is -2.10. The quantitative estimate of drug-likeness (QED) is 0.768. The SMILES string of the molecule is COC(=O)c1ccccc1CSCC1CCCO1. The normalized spacial score (nSPS) is 18.8. The largest absolute Gasteiger partial charge is 0.465 e. The van der Waals surface area contributed by atoms with E-state index in [2.05, 4.69) is 0 Å². The molecule has 0 saturated carbocycles. The molecule has 0 N–H and O–H groups in total. The van der Waals surface area contributed by atoms with E-state index in [-0.39, 0.29) is 5.97 Å². The van der Waals surface area contributed by atoms with Crippen LogP contribution in [0.2, 0.25) is 0 Å². The first-order valence-electron chi connectivity index (χ1n) is 6.17. The van der Waals surface area contributed by atoms with Gasteiger partial charge in [0.25, 0.3) is 0 Å². The molecule has 1 heterocycles. The molecule has 2 rings (SSSR count). The molecule has 1 aliphatic rings. The van der Waals surface area contributed by atoms with E-state index in [1.165, 1.54) is 13.5 Å². The lowest BCUT2D eigenvalue weighted by Crippen LogP contribution is -2.09. The summed E-state index contributed by atoms with van der Waals surface area (Å²) < 4.78 is 10.4. The predicted molar refractivity (Wildman–Crippen MR) is 72.9 cm³/mol. The monoisotopic (exact) mass is 266 g/mol. The summed E-state index contributed by atoms with van der Waals surface area (Å²) in [7, 11) is 1.42. The van der Waals surface area contributed by atoms with E-state index in [1.807, 2.05) is 36.0 Å². The molecule has 0 aromatic heterocycles. The van der Waals surface area contributed by atoms with E-state index in [1.54, 1.807) is 0 Å². The van der Waals surface area contributed by atoms with Gasteiger partial charge in [0.05, 0.1) is 18.8 Å². The first kappa shape index (κ1) is 13.4. The second-order valence-electron chi connectivity index (χ2n) is 4.30. The summed E-state index contributed by atoms with van der Waals surface area (Å²) >= 11 is 1.81. The van der Waals surface area contributed by atoms with Gasteiger partial charge in [-0.3, -0.25) is 0 Å². The molecule has 0 amide bonds. The molecule has 0 radical (unpaired) electrons. The Morgan fingerprint density at radius 1 is 1.50 bits per heavy atom. The van der Waals surface area contributed by atoms with Crippen molar-refractivity contribution in [2.24, 2.45) is 0 Å². The van der Waals surface area contributed by atoms with Crippen LogP contribution in [0.4, 0.5) is 0 Å². The van der Waals surface area contributed by atoms with Gasteiger partial charge in [0.15, 0.2) is 0 Å². The Morgan fingerprint density at radius 2 is 2.33 bits per heavy atom. The fraction of sp³-hybridized carbons (Fsp3) is 0.500. The zero-order chi connectivity index (χ0) is 12.8. The minimum absolute atomic E-state index is 0.261. The van der Waals surface area contributed by atoms with Gasteiger partial charge in [0.1, 0.15) is 0 Å². The van der Waals surface area contributed by atoms with Crippen LogP contribution in [0.3, 0.4) is 0 Å². The van der Waals surface area contributed by atoms with E-state index in [0.29, 0.717) is 11.7 Å². The second-order valence-corrected chi connectivity index (χ2v) is 5.33. The zero-order valence-corrected chi connectivity index (χ0v) is 11.4. The molecule has 4 heteroatoms. The molecule has 1 fully saturated rings. The highest BCUT2D eigenvalue weighted by atomic mass is 32.2. The third-order valence-electron chi connectivity index (χ3n) is 3.01. The third kappa shape index (κ3) is 3.50. The second kappa shape index (κ2) is 6.81. The zero-order valence-electron chi connectivity index (χ0n) is 10.6. The van der Waals surface area contributed by atoms with Crippen molar-refractivity contribution in [2.75, 3.05) is 19.5 Å². The van der Waals surface area contributed by atoms with E-state index < -0.39 is 0 Å². The van der Waals surface area contributed by atoms with Gasteiger partial charge >= 0.3 is 5.97 Å². The average Bonchev–Trinajstić information content (AvgIpc) is 2.92. The van der Waals surface area contributed by atoms with Gasteiger partial charge in [0.2, 0.25) is 0 Å². The van der Waals surface area contributed by atoms with Crippen LogP contribution < -0.4 is 0 Å². The van der Waals surface area contributed by atoms with Gasteiger partial charge in [-0.15, -0.1) is 0 Å². The summed E-state index contributed by atoms with van der Waals surface area (Å²) in [5.41, 5.74) is 1.70. The van der Waals surface area contributed by atoms with Crippen LogP contribution in [-0.2, 0) is 15.2 Å². The summed E-state index contributed by atoms with van der Waals surface area (Å²) in [5, 5.41) is 0. The summed E-state index contributed by atoms with van der Waals surface area (Å²) in [6, 6.07) is 7.61. The molecular formula is C14H18O3S. The van der Waals surface area contributed by atoms with Crippen molar-refractivity contribution in [3.8, 4) is 0 Å². The van der Waals surface area contributed by atoms with Crippen molar-refractivity contribution in [3.05, 3.63) is 35.4 Å². The minimum Gasteiger partial charge on any atom is -0.465 e. The van der Waals surface area contributed by atoms with E-state index in [4.69, 9.17) is 9.47 Å². The van der Waals surface area contributed by atoms with Crippen LogP contribution in [0.1, 0.15) is 28.8 Å². The number of methoxy groups -OCH3 is 1. The van der Waals surface area contributed by atoms with Crippen LogP contribution in [0.5, 0.6) is 0 Å². The van der Waals surface area contributed by atoms with Gasteiger partial charge in [-0.25, -0.2) is 4.79 Å². The number of esters is 1. The van der Waals surface area contributed by atoms with Gasteiger partial charge in [-0.2, -0.15) is 11.8 Å². The lowest BCUT2D eigenvalue weighted by molar-refractivity contribution is 0.0600. The molecule has 0 aliphatic carbocycles. The Morgan fingerprint density at radius 3 is 3.06 bits per heavy atom. The number of carbonyl (C=O) groups excluding carboxylic acids is 1. The highest BCUT2D eigenvalue weighted by molar-refractivity contribution is 7.98. The molecule has 1 unspecified atom stereocenters. The average molecular weight is 266 g/mol. The Hall–Kier alpha value is -1.00. The number of ether oxygens (including phenoxy) is 2. The Labute approximate surface area is 112 Å². The van der Waals surface area contributed by atoms with Crippen LogP contribution in [0.25, 0.3) is 0 Å². The molecule has 1 saturated heterocycles. The van der Waals surface area contributed by atoms with E-state index in [9.17, 15) is 4.79 Å². The van der Waals surface area contributed by atoms with E-state index >= 15 is 0 Å². The number of hydrogen-bond donors (Lipinski definition) is 0. The molecular weight excluding hydrogens is 248 g/mol. The van der Waals surface area contributed by atoms with Crippen molar-refractivity contribution in [1.82, 2.24) is 0 Å². The number of hydrogen-bond acceptors (Lipinski definition) is 4. The highest BCUT2D eigenvalue weighted by Gasteiger charge is 2.16. The molecule has 1 atom stereocenters. The summed E-state index contributed by atoms with van der Waals surface area (Å²) in [6.07, 6.45) is 2.72. The third-order valence-corrected chi connectivity index (χ3v) is 4.13. The molecule has 1 aliphatic heterocycles. The topological polar surface area (TPSA) is 35.5 Å². The van der Waals surface area contributed by atoms with Crippen LogP contribution >= 0.6 is 11.8 Å². The van der Waals surface area contributed by atoms with Gasteiger partial charge in [0, 0.05) is 18.1 Å². The molecule has 1 aromatic carbocycles. The minimum atomic E-state index is -0.261. The number of thioether (sulfide) groups is 1. The van der Waals surface area contributed by atoms with Crippen LogP contribution in [0, 0.1) is 0 Å². The number of carbonyl (C=O) groups is 1. The first-order chi connectivity index (χ1) is 8.81. The molecule has 0 spiro atoms. The van der Waals surface area contributed by atoms with Crippen molar-refractivity contribution >= 4 is 17.7 Å². The first-order valence-corrected chi connectivity index (χ1v) is 7.32. The van der Waals surface area contributed by atoms with E-state index in [0.717, 1.165) is 30.1 Å². The molecule has 18 heavy (non-hydrogen) atoms. The Kier molecular flexibility index (Phi) is 5.08. The van der Waals surface area contributed by atoms with Crippen molar-refractivity contribution < 1.29 is 14.3 Å². The van der Waals surface area contributed by atoms with Crippen molar-refractivity contribution in [3.63, 3.8) is 0 Å². The fourth-order valence-electron chi connectivity index (χ4n) is 2.03. The van der Waals surface area contributed by atoms with Crippen molar-refractivity contribution in [2.45, 2.75) is 24.7 Å². The van der Waals surface area contributed by atoms with Crippen LogP contribution in [-0.4, -0.2) is 31.5 Å². The highest BCUT2D eigenvalue weighted by Crippen LogP contribution is 2.22. The maximum atomic E-state index is 11.6. The standard InChI is InChI=1S/C14H18O3S/c1-16-14(15)13-7-3-2-5-11(13)9-18-10-12-6-4-8-17-12/h2-3,5,7,12H,4,6,8-10H2,1H3. The predicted octanol–water partition coefficient (Wildman–Crippen LogP) is 2.89. The Balaban J connectivity index is 1.89. The smallest absolute Gasteiger partial charge is 0.338 e. The molecule has 0 bridgehead atoms. The number of rotatable bonds is 5.